The minimum absolute atomic E-state index is 0.0843. The molecule has 0 amide bonds. The highest BCUT2D eigenvalue weighted by molar-refractivity contribution is 5.85. The summed E-state index contributed by atoms with van der Waals surface area (Å²) in [4.78, 5) is 22.6. The van der Waals surface area contributed by atoms with Gasteiger partial charge in [0.15, 0.2) is 0 Å². The van der Waals surface area contributed by atoms with E-state index in [1.165, 1.54) is 0 Å². The summed E-state index contributed by atoms with van der Waals surface area (Å²) in [5.41, 5.74) is 0. The standard InChI is InChI=1S/C12H22O3/c1-4-6-8-10(12(14)15)9(3)11(13)7-5-2/h9-10H,4-8H2,1-3H3,(H,14,15). The van der Waals surface area contributed by atoms with Gasteiger partial charge in [-0.3, -0.25) is 9.59 Å². The summed E-state index contributed by atoms with van der Waals surface area (Å²) in [6.45, 7) is 5.70. The van der Waals surface area contributed by atoms with Gasteiger partial charge in [0, 0.05) is 12.3 Å². The molecule has 0 spiro atoms. The average molecular weight is 214 g/mol. The van der Waals surface area contributed by atoms with Crippen molar-refractivity contribution in [1.29, 1.82) is 0 Å². The first-order chi connectivity index (χ1) is 7.04. The van der Waals surface area contributed by atoms with Gasteiger partial charge in [0.1, 0.15) is 5.78 Å². The molecule has 3 nitrogen and oxygen atoms in total. The molecule has 1 N–H and O–H groups in total. The second kappa shape index (κ2) is 7.43. The molecule has 0 saturated heterocycles. The van der Waals surface area contributed by atoms with E-state index in [0.29, 0.717) is 12.8 Å². The second-order valence-corrected chi connectivity index (χ2v) is 4.09. The van der Waals surface area contributed by atoms with E-state index in [-0.39, 0.29) is 11.7 Å². The molecule has 0 rings (SSSR count). The lowest BCUT2D eigenvalue weighted by Gasteiger charge is -2.18. The average Bonchev–Trinajstić information content (AvgIpc) is 2.18. The molecule has 0 bridgehead atoms. The van der Waals surface area contributed by atoms with Crippen molar-refractivity contribution in [2.75, 3.05) is 0 Å². The lowest BCUT2D eigenvalue weighted by molar-refractivity contribution is -0.146. The van der Waals surface area contributed by atoms with Crippen LogP contribution >= 0.6 is 0 Å². The molecular formula is C12H22O3. The van der Waals surface area contributed by atoms with E-state index in [1.807, 2.05) is 13.8 Å². The smallest absolute Gasteiger partial charge is 0.307 e. The Bertz CT molecular complexity index is 211. The Kier molecular flexibility index (Phi) is 7.01. The second-order valence-electron chi connectivity index (χ2n) is 4.09. The van der Waals surface area contributed by atoms with E-state index in [2.05, 4.69) is 0 Å². The summed E-state index contributed by atoms with van der Waals surface area (Å²) >= 11 is 0. The molecule has 0 aliphatic rings. The van der Waals surface area contributed by atoms with E-state index in [9.17, 15) is 9.59 Å². The fraction of sp³-hybridized carbons (Fsp3) is 0.833. The van der Waals surface area contributed by atoms with Crippen LogP contribution in [-0.2, 0) is 9.59 Å². The Labute approximate surface area is 91.9 Å². The summed E-state index contributed by atoms with van der Waals surface area (Å²) in [5, 5.41) is 9.04. The third-order valence-corrected chi connectivity index (χ3v) is 2.79. The number of unbranched alkanes of at least 4 members (excludes halogenated alkanes) is 1. The molecule has 0 radical (unpaired) electrons. The van der Waals surface area contributed by atoms with Crippen molar-refractivity contribution >= 4 is 11.8 Å². The number of hydrogen-bond acceptors (Lipinski definition) is 2. The molecule has 0 aliphatic heterocycles. The van der Waals surface area contributed by atoms with Gasteiger partial charge in [0.05, 0.1) is 5.92 Å². The number of rotatable bonds is 8. The summed E-state index contributed by atoms with van der Waals surface area (Å²) in [7, 11) is 0. The molecule has 0 aromatic heterocycles. The van der Waals surface area contributed by atoms with Gasteiger partial charge in [0.2, 0.25) is 0 Å². The predicted octanol–water partition coefficient (Wildman–Crippen LogP) is 2.88. The molecule has 0 saturated carbocycles. The van der Waals surface area contributed by atoms with Crippen molar-refractivity contribution in [3.8, 4) is 0 Å². The number of carboxylic acids is 1. The van der Waals surface area contributed by atoms with Gasteiger partial charge in [-0.15, -0.1) is 0 Å². The van der Waals surface area contributed by atoms with Gasteiger partial charge < -0.3 is 5.11 Å². The van der Waals surface area contributed by atoms with Gasteiger partial charge in [0.25, 0.3) is 0 Å². The maximum atomic E-state index is 11.6. The topological polar surface area (TPSA) is 54.4 Å². The first-order valence-corrected chi connectivity index (χ1v) is 5.80. The lowest BCUT2D eigenvalue weighted by atomic mass is 9.85. The Morgan fingerprint density at radius 1 is 1.20 bits per heavy atom. The molecule has 3 heteroatoms. The molecule has 0 aromatic rings. The van der Waals surface area contributed by atoms with Gasteiger partial charge >= 0.3 is 5.97 Å². The van der Waals surface area contributed by atoms with E-state index in [1.54, 1.807) is 6.92 Å². The number of aliphatic carboxylic acids is 1. The van der Waals surface area contributed by atoms with E-state index in [0.717, 1.165) is 19.3 Å². The molecular weight excluding hydrogens is 192 g/mol. The molecule has 2 atom stereocenters. The number of carbonyl (C=O) groups is 2. The molecule has 0 fully saturated rings. The van der Waals surface area contributed by atoms with Crippen LogP contribution in [0.25, 0.3) is 0 Å². The Balaban J connectivity index is 4.33. The zero-order chi connectivity index (χ0) is 11.8. The molecule has 15 heavy (non-hydrogen) atoms. The summed E-state index contributed by atoms with van der Waals surface area (Å²) in [6.07, 6.45) is 3.75. The van der Waals surface area contributed by atoms with E-state index >= 15 is 0 Å². The minimum atomic E-state index is -0.833. The van der Waals surface area contributed by atoms with Gasteiger partial charge in [-0.25, -0.2) is 0 Å². The zero-order valence-electron chi connectivity index (χ0n) is 9.95. The first-order valence-electron chi connectivity index (χ1n) is 5.80. The van der Waals surface area contributed by atoms with Crippen LogP contribution in [-0.4, -0.2) is 16.9 Å². The monoisotopic (exact) mass is 214 g/mol. The molecule has 88 valence electrons. The van der Waals surface area contributed by atoms with Crippen molar-refractivity contribution in [2.24, 2.45) is 11.8 Å². The van der Waals surface area contributed by atoms with Gasteiger partial charge in [-0.05, 0) is 12.8 Å². The van der Waals surface area contributed by atoms with Crippen LogP contribution in [0.3, 0.4) is 0 Å². The Morgan fingerprint density at radius 3 is 2.20 bits per heavy atom. The molecule has 0 heterocycles. The van der Waals surface area contributed by atoms with Crippen molar-refractivity contribution < 1.29 is 14.7 Å². The highest BCUT2D eigenvalue weighted by Crippen LogP contribution is 2.21. The first kappa shape index (κ1) is 14.1. The molecule has 0 aromatic carbocycles. The maximum Gasteiger partial charge on any atom is 0.307 e. The summed E-state index contributed by atoms with van der Waals surface area (Å²) < 4.78 is 0. The Hall–Kier alpha value is -0.860. The minimum Gasteiger partial charge on any atom is -0.481 e. The van der Waals surface area contributed by atoms with Crippen molar-refractivity contribution in [3.05, 3.63) is 0 Å². The van der Waals surface area contributed by atoms with Crippen LogP contribution in [0.15, 0.2) is 0 Å². The van der Waals surface area contributed by atoms with Crippen LogP contribution < -0.4 is 0 Å². The summed E-state index contributed by atoms with van der Waals surface area (Å²) in [6, 6.07) is 0. The maximum absolute atomic E-state index is 11.6. The highest BCUT2D eigenvalue weighted by atomic mass is 16.4. The largest absolute Gasteiger partial charge is 0.481 e. The van der Waals surface area contributed by atoms with Crippen molar-refractivity contribution in [3.63, 3.8) is 0 Å². The Morgan fingerprint density at radius 2 is 1.80 bits per heavy atom. The third-order valence-electron chi connectivity index (χ3n) is 2.79. The van der Waals surface area contributed by atoms with Crippen LogP contribution in [0.2, 0.25) is 0 Å². The van der Waals surface area contributed by atoms with Crippen molar-refractivity contribution in [1.82, 2.24) is 0 Å². The van der Waals surface area contributed by atoms with E-state index in [4.69, 9.17) is 5.11 Å². The highest BCUT2D eigenvalue weighted by Gasteiger charge is 2.28. The quantitative estimate of drug-likeness (QED) is 0.676. The number of Topliss-reactive ketones (excluding diaryl/α,β-unsaturated/α-hetero) is 1. The van der Waals surface area contributed by atoms with Crippen LogP contribution in [0, 0.1) is 11.8 Å². The van der Waals surface area contributed by atoms with E-state index < -0.39 is 11.9 Å². The fourth-order valence-corrected chi connectivity index (χ4v) is 1.71. The summed E-state index contributed by atoms with van der Waals surface area (Å²) in [5.74, 6) is -1.58. The van der Waals surface area contributed by atoms with Gasteiger partial charge in [-0.2, -0.15) is 0 Å². The number of carboxylic acid groups (broad SMARTS) is 1. The number of carbonyl (C=O) groups excluding carboxylic acids is 1. The lowest BCUT2D eigenvalue weighted by Crippen LogP contribution is -2.27. The molecule has 2 unspecified atom stereocenters. The molecule has 0 aliphatic carbocycles. The van der Waals surface area contributed by atoms with Crippen LogP contribution in [0.1, 0.15) is 52.9 Å². The van der Waals surface area contributed by atoms with Gasteiger partial charge in [-0.1, -0.05) is 33.6 Å². The zero-order valence-corrected chi connectivity index (χ0v) is 9.95. The fourth-order valence-electron chi connectivity index (χ4n) is 1.71. The number of hydrogen-bond donors (Lipinski definition) is 1. The van der Waals surface area contributed by atoms with Crippen LogP contribution in [0.4, 0.5) is 0 Å². The normalized spacial score (nSPS) is 14.6. The van der Waals surface area contributed by atoms with Crippen LogP contribution in [0.5, 0.6) is 0 Å². The predicted molar refractivity (Wildman–Crippen MR) is 59.7 cm³/mol. The number of ketones is 1. The van der Waals surface area contributed by atoms with Crippen molar-refractivity contribution in [2.45, 2.75) is 52.9 Å². The third kappa shape index (κ3) is 4.96. The SMILES string of the molecule is CCCCC(C(=O)O)C(C)C(=O)CCC.